The van der Waals surface area contributed by atoms with Crippen LogP contribution in [0.5, 0.6) is 11.5 Å². The average molecular weight is 446 g/mol. The van der Waals surface area contributed by atoms with Crippen LogP contribution in [-0.4, -0.2) is 45.3 Å². The van der Waals surface area contributed by atoms with E-state index in [1.54, 1.807) is 24.0 Å². The van der Waals surface area contributed by atoms with Crippen LogP contribution in [0.4, 0.5) is 13.2 Å². The van der Waals surface area contributed by atoms with E-state index in [1.165, 1.54) is 6.07 Å². The van der Waals surface area contributed by atoms with Crippen molar-refractivity contribution in [2.24, 2.45) is 0 Å². The highest BCUT2D eigenvalue weighted by molar-refractivity contribution is 5.79. The zero-order chi connectivity index (χ0) is 22.5. The van der Waals surface area contributed by atoms with Crippen molar-refractivity contribution >= 4 is 11.6 Å². The van der Waals surface area contributed by atoms with Crippen LogP contribution in [0.3, 0.4) is 0 Å². The van der Waals surface area contributed by atoms with E-state index in [0.717, 1.165) is 16.1 Å². The number of nitrogens with zero attached hydrogens (tertiary/aromatic N) is 4. The van der Waals surface area contributed by atoms with E-state index in [0.29, 0.717) is 48.8 Å². The van der Waals surface area contributed by atoms with Crippen LogP contribution in [0.25, 0.3) is 5.65 Å². The van der Waals surface area contributed by atoms with Gasteiger partial charge < -0.3 is 14.4 Å². The van der Waals surface area contributed by atoms with Gasteiger partial charge in [0.25, 0.3) is 0 Å². The number of likely N-dealkylation sites (tertiary alicyclic amines) is 1. The molecule has 1 atom stereocenters. The molecular formula is C22H21F3N4O3. The van der Waals surface area contributed by atoms with Gasteiger partial charge in [-0.05, 0) is 43.5 Å². The highest BCUT2D eigenvalue weighted by atomic mass is 19.4. The summed E-state index contributed by atoms with van der Waals surface area (Å²) >= 11 is 0. The third-order valence-corrected chi connectivity index (χ3v) is 5.84. The van der Waals surface area contributed by atoms with Crippen LogP contribution in [-0.2, 0) is 17.4 Å². The molecule has 0 radical (unpaired) electrons. The Bertz CT molecular complexity index is 1190. The maximum absolute atomic E-state index is 13.6. The number of carbonyl (C=O) groups is 1. The van der Waals surface area contributed by atoms with Crippen molar-refractivity contribution in [1.82, 2.24) is 19.5 Å². The summed E-state index contributed by atoms with van der Waals surface area (Å²) in [7, 11) is 0. The number of aryl methyl sites for hydroxylation is 1. The quantitative estimate of drug-likeness (QED) is 0.613. The number of benzene rings is 1. The van der Waals surface area contributed by atoms with E-state index < -0.39 is 11.9 Å². The van der Waals surface area contributed by atoms with Crippen molar-refractivity contribution in [3.05, 3.63) is 53.0 Å². The predicted octanol–water partition coefficient (Wildman–Crippen LogP) is 3.73. The number of alkyl halides is 3. The molecule has 32 heavy (non-hydrogen) atoms. The smallest absolute Gasteiger partial charge is 0.433 e. The molecule has 0 bridgehead atoms. The second-order valence-electron chi connectivity index (χ2n) is 8.16. The first-order valence-electron chi connectivity index (χ1n) is 10.4. The van der Waals surface area contributed by atoms with E-state index in [1.807, 2.05) is 6.07 Å². The molecule has 0 spiro atoms. The van der Waals surface area contributed by atoms with Crippen molar-refractivity contribution in [3.63, 3.8) is 0 Å². The van der Waals surface area contributed by atoms with E-state index in [2.05, 4.69) is 10.1 Å². The minimum absolute atomic E-state index is 0.0779. The number of hydrogen-bond acceptors (Lipinski definition) is 5. The number of hydrogen-bond donors (Lipinski definition) is 0. The van der Waals surface area contributed by atoms with Gasteiger partial charge in [-0.15, -0.1) is 0 Å². The molecule has 0 aliphatic carbocycles. The van der Waals surface area contributed by atoms with Crippen molar-refractivity contribution in [2.75, 3.05) is 19.9 Å². The lowest BCUT2D eigenvalue weighted by atomic mass is 9.93. The molecule has 0 N–H and O–H groups in total. The van der Waals surface area contributed by atoms with Gasteiger partial charge in [0.05, 0.1) is 12.1 Å². The van der Waals surface area contributed by atoms with Gasteiger partial charge in [-0.3, -0.25) is 4.79 Å². The van der Waals surface area contributed by atoms with E-state index >= 15 is 0 Å². The summed E-state index contributed by atoms with van der Waals surface area (Å²) in [5.41, 5.74) is 0.912. The molecule has 5 rings (SSSR count). The van der Waals surface area contributed by atoms with Crippen LogP contribution in [0.15, 0.2) is 30.3 Å². The minimum atomic E-state index is -4.56. The molecule has 1 aromatic carbocycles. The molecular weight excluding hydrogens is 425 g/mol. The Morgan fingerprint density at radius 2 is 2.00 bits per heavy atom. The number of amides is 1. The number of piperidine rings is 1. The van der Waals surface area contributed by atoms with Gasteiger partial charge in [0, 0.05) is 30.8 Å². The standard InChI is InChI=1S/C22H21F3N4O3/c1-13-7-20-26-16(10-19(22(23,24)25)29(20)27-13)15-3-2-6-28(11-15)21(30)9-14-4-5-17-18(8-14)32-12-31-17/h4-5,7-8,10,15H,2-3,6,9,11-12H2,1H3/t15-/m0/s1. The largest absolute Gasteiger partial charge is 0.454 e. The number of halogens is 3. The maximum Gasteiger partial charge on any atom is 0.433 e. The Labute approximate surface area is 181 Å². The van der Waals surface area contributed by atoms with Crippen molar-refractivity contribution in [2.45, 2.75) is 38.3 Å². The van der Waals surface area contributed by atoms with Gasteiger partial charge in [-0.2, -0.15) is 18.3 Å². The molecule has 1 amide bonds. The van der Waals surface area contributed by atoms with Gasteiger partial charge in [0.1, 0.15) is 5.69 Å². The molecule has 0 saturated carbocycles. The molecule has 10 heteroatoms. The summed E-state index contributed by atoms with van der Waals surface area (Å²) in [5.74, 6) is 0.910. The van der Waals surface area contributed by atoms with Gasteiger partial charge in [0.2, 0.25) is 12.7 Å². The highest BCUT2D eigenvalue weighted by Crippen LogP contribution is 2.35. The van der Waals surface area contributed by atoms with E-state index in [-0.39, 0.29) is 30.7 Å². The molecule has 1 fully saturated rings. The van der Waals surface area contributed by atoms with Crippen molar-refractivity contribution in [3.8, 4) is 11.5 Å². The highest BCUT2D eigenvalue weighted by Gasteiger charge is 2.36. The van der Waals surface area contributed by atoms with Gasteiger partial charge in [0.15, 0.2) is 17.1 Å². The first-order chi connectivity index (χ1) is 15.3. The minimum Gasteiger partial charge on any atom is -0.454 e. The van der Waals surface area contributed by atoms with Gasteiger partial charge in [-0.1, -0.05) is 6.07 Å². The molecule has 3 aromatic rings. The van der Waals surface area contributed by atoms with E-state index in [4.69, 9.17) is 9.47 Å². The van der Waals surface area contributed by atoms with Crippen LogP contribution in [0.2, 0.25) is 0 Å². The molecule has 1 saturated heterocycles. The van der Waals surface area contributed by atoms with Crippen molar-refractivity contribution in [1.29, 1.82) is 0 Å². The van der Waals surface area contributed by atoms with Crippen LogP contribution >= 0.6 is 0 Å². The molecule has 168 valence electrons. The predicted molar refractivity (Wildman–Crippen MR) is 108 cm³/mol. The number of carbonyl (C=O) groups excluding carboxylic acids is 1. The topological polar surface area (TPSA) is 69.0 Å². The number of rotatable bonds is 3. The summed E-state index contributed by atoms with van der Waals surface area (Å²) in [5, 5.41) is 3.93. The lowest BCUT2D eigenvalue weighted by Gasteiger charge is -2.33. The van der Waals surface area contributed by atoms with Gasteiger partial charge in [-0.25, -0.2) is 9.50 Å². The zero-order valence-electron chi connectivity index (χ0n) is 17.4. The molecule has 4 heterocycles. The molecule has 2 aromatic heterocycles. The lowest BCUT2D eigenvalue weighted by molar-refractivity contribution is -0.142. The monoisotopic (exact) mass is 446 g/mol. The molecule has 0 unspecified atom stereocenters. The first-order valence-corrected chi connectivity index (χ1v) is 10.4. The average Bonchev–Trinajstić information content (AvgIpc) is 3.37. The SMILES string of the molecule is Cc1cc2nc([C@H]3CCCN(C(=O)Cc4ccc5c(c4)OCO5)C3)cc(C(F)(F)F)n2n1. The van der Waals surface area contributed by atoms with Crippen LogP contribution in [0, 0.1) is 6.92 Å². The Kier molecular flexibility index (Phi) is 4.94. The fourth-order valence-electron chi connectivity index (χ4n) is 4.30. The Morgan fingerprint density at radius 1 is 1.19 bits per heavy atom. The second kappa shape index (κ2) is 7.68. The third-order valence-electron chi connectivity index (χ3n) is 5.84. The molecule has 2 aliphatic heterocycles. The number of fused-ring (bicyclic) bond motifs is 2. The second-order valence-corrected chi connectivity index (χ2v) is 8.16. The number of aromatic nitrogens is 3. The van der Waals surface area contributed by atoms with Gasteiger partial charge >= 0.3 is 6.18 Å². The normalized spacial score (nSPS) is 18.4. The van der Waals surface area contributed by atoms with Crippen molar-refractivity contribution < 1.29 is 27.4 Å². The summed E-state index contributed by atoms with van der Waals surface area (Å²) in [6.45, 7) is 2.69. The van der Waals surface area contributed by atoms with Crippen LogP contribution in [0.1, 0.15) is 41.4 Å². The summed E-state index contributed by atoms with van der Waals surface area (Å²) in [4.78, 5) is 19.1. The Balaban J connectivity index is 1.36. The zero-order valence-corrected chi connectivity index (χ0v) is 17.4. The summed E-state index contributed by atoms with van der Waals surface area (Å²) in [6, 6.07) is 7.98. The molecule has 2 aliphatic rings. The first kappa shape index (κ1) is 20.6. The maximum atomic E-state index is 13.6. The Morgan fingerprint density at radius 3 is 2.81 bits per heavy atom. The third kappa shape index (κ3) is 3.85. The molecule has 7 nitrogen and oxygen atoms in total. The Hall–Kier alpha value is -3.30. The number of ether oxygens (including phenoxy) is 2. The lowest BCUT2D eigenvalue weighted by Crippen LogP contribution is -2.40. The summed E-state index contributed by atoms with van der Waals surface area (Å²) in [6.07, 6.45) is -3.01. The van der Waals surface area contributed by atoms with Crippen LogP contribution < -0.4 is 9.47 Å². The fourth-order valence-corrected chi connectivity index (χ4v) is 4.30. The summed E-state index contributed by atoms with van der Waals surface area (Å²) < 4.78 is 52.4. The fraction of sp³-hybridized carbons (Fsp3) is 0.409. The van der Waals surface area contributed by atoms with E-state index in [9.17, 15) is 18.0 Å².